The molecule has 29 heavy (non-hydrogen) atoms. The van der Waals surface area contributed by atoms with Crippen LogP contribution in [0.2, 0.25) is 0 Å². The Morgan fingerprint density at radius 1 is 1.38 bits per heavy atom. The molecule has 3 rings (SSSR count). The number of carbonyl (C=O) groups is 1. The SMILES string of the molecule is CC(=O)N(C)C(C)(C)COc1ccc(-c2cn(C[C@H]3CCCCO3)nn2)c(C)c1. The van der Waals surface area contributed by atoms with Crippen molar-refractivity contribution in [1.82, 2.24) is 19.9 Å². The molecule has 1 aliphatic rings. The van der Waals surface area contributed by atoms with Gasteiger partial charge in [0, 0.05) is 26.1 Å². The molecule has 1 aromatic heterocycles. The molecule has 0 unspecified atom stereocenters. The molecule has 0 spiro atoms. The van der Waals surface area contributed by atoms with Gasteiger partial charge in [-0.1, -0.05) is 5.21 Å². The highest BCUT2D eigenvalue weighted by molar-refractivity contribution is 5.73. The lowest BCUT2D eigenvalue weighted by Gasteiger charge is -2.34. The topological polar surface area (TPSA) is 69.5 Å². The van der Waals surface area contributed by atoms with Crippen LogP contribution in [0.1, 0.15) is 45.6 Å². The summed E-state index contributed by atoms with van der Waals surface area (Å²) in [7, 11) is 1.79. The second kappa shape index (κ2) is 8.95. The van der Waals surface area contributed by atoms with Crippen LogP contribution in [0.15, 0.2) is 24.4 Å². The van der Waals surface area contributed by atoms with E-state index in [1.165, 1.54) is 6.42 Å². The van der Waals surface area contributed by atoms with Gasteiger partial charge in [0.1, 0.15) is 18.1 Å². The fourth-order valence-corrected chi connectivity index (χ4v) is 3.47. The molecule has 0 N–H and O–H groups in total. The minimum Gasteiger partial charge on any atom is -0.491 e. The van der Waals surface area contributed by atoms with Crippen molar-refractivity contribution in [2.24, 2.45) is 0 Å². The number of rotatable bonds is 7. The van der Waals surface area contributed by atoms with Gasteiger partial charge in [-0.25, -0.2) is 4.68 Å². The quantitative estimate of drug-likeness (QED) is 0.712. The van der Waals surface area contributed by atoms with Gasteiger partial charge in [-0.2, -0.15) is 0 Å². The molecule has 7 heteroatoms. The minimum absolute atomic E-state index is 0.0202. The highest BCUT2D eigenvalue weighted by Gasteiger charge is 2.26. The molecular weight excluding hydrogens is 368 g/mol. The zero-order valence-corrected chi connectivity index (χ0v) is 18.1. The third-order valence-corrected chi connectivity index (χ3v) is 5.65. The van der Waals surface area contributed by atoms with E-state index in [0.29, 0.717) is 6.61 Å². The van der Waals surface area contributed by atoms with Gasteiger partial charge in [-0.3, -0.25) is 4.79 Å². The monoisotopic (exact) mass is 400 g/mol. The molecule has 0 bridgehead atoms. The lowest BCUT2D eigenvalue weighted by atomic mass is 10.0. The number of amides is 1. The first-order valence-corrected chi connectivity index (χ1v) is 10.3. The summed E-state index contributed by atoms with van der Waals surface area (Å²) < 4.78 is 13.6. The number of hydrogen-bond acceptors (Lipinski definition) is 5. The highest BCUT2D eigenvalue weighted by Crippen LogP contribution is 2.26. The molecule has 1 amide bonds. The number of ether oxygens (including phenoxy) is 2. The van der Waals surface area contributed by atoms with Crippen molar-refractivity contribution in [3.05, 3.63) is 30.0 Å². The maximum Gasteiger partial charge on any atom is 0.219 e. The molecule has 1 aliphatic heterocycles. The zero-order valence-electron chi connectivity index (χ0n) is 18.1. The van der Waals surface area contributed by atoms with E-state index >= 15 is 0 Å². The van der Waals surface area contributed by atoms with E-state index in [0.717, 1.165) is 48.6 Å². The maximum absolute atomic E-state index is 11.6. The Labute approximate surface area is 173 Å². The molecular formula is C22H32N4O3. The first kappa shape index (κ1) is 21.3. The molecule has 2 heterocycles. The van der Waals surface area contributed by atoms with E-state index in [4.69, 9.17) is 9.47 Å². The number of likely N-dealkylation sites (N-methyl/N-ethyl adjacent to an activating group) is 1. The normalized spacial score (nSPS) is 17.2. The zero-order chi connectivity index (χ0) is 21.0. The van der Waals surface area contributed by atoms with E-state index in [2.05, 4.69) is 10.3 Å². The maximum atomic E-state index is 11.6. The average molecular weight is 401 g/mol. The van der Waals surface area contributed by atoms with Gasteiger partial charge in [0.05, 0.1) is 24.4 Å². The first-order valence-electron chi connectivity index (χ1n) is 10.3. The number of benzene rings is 1. The predicted octanol–water partition coefficient (Wildman–Crippen LogP) is 3.46. The van der Waals surface area contributed by atoms with Crippen molar-refractivity contribution >= 4 is 5.91 Å². The van der Waals surface area contributed by atoms with Gasteiger partial charge < -0.3 is 14.4 Å². The van der Waals surface area contributed by atoms with Crippen LogP contribution in [-0.2, 0) is 16.1 Å². The van der Waals surface area contributed by atoms with Crippen LogP contribution >= 0.6 is 0 Å². The molecule has 1 fully saturated rings. The van der Waals surface area contributed by atoms with Gasteiger partial charge in [0.25, 0.3) is 0 Å². The Balaban J connectivity index is 1.64. The first-order chi connectivity index (χ1) is 13.8. The van der Waals surface area contributed by atoms with Crippen molar-refractivity contribution in [1.29, 1.82) is 0 Å². The van der Waals surface area contributed by atoms with Crippen molar-refractivity contribution < 1.29 is 14.3 Å². The molecule has 158 valence electrons. The predicted molar refractivity (Wildman–Crippen MR) is 112 cm³/mol. The number of carbonyl (C=O) groups excluding carboxylic acids is 1. The van der Waals surface area contributed by atoms with E-state index in [9.17, 15) is 4.79 Å². The minimum atomic E-state index is -0.387. The Morgan fingerprint density at radius 3 is 2.83 bits per heavy atom. The smallest absolute Gasteiger partial charge is 0.219 e. The van der Waals surface area contributed by atoms with Crippen molar-refractivity contribution in [3.8, 4) is 17.0 Å². The van der Waals surface area contributed by atoms with Crippen LogP contribution in [-0.4, -0.2) is 57.7 Å². The summed E-state index contributed by atoms with van der Waals surface area (Å²) in [5.41, 5.74) is 2.57. The molecule has 7 nitrogen and oxygen atoms in total. The van der Waals surface area contributed by atoms with Crippen LogP contribution in [0.5, 0.6) is 5.75 Å². The third kappa shape index (κ3) is 5.35. The molecule has 0 radical (unpaired) electrons. The van der Waals surface area contributed by atoms with Crippen LogP contribution in [0.3, 0.4) is 0 Å². The van der Waals surface area contributed by atoms with Crippen molar-refractivity contribution in [2.45, 2.75) is 65.1 Å². The summed E-state index contributed by atoms with van der Waals surface area (Å²) in [4.78, 5) is 13.3. The summed E-state index contributed by atoms with van der Waals surface area (Å²) in [6.07, 6.45) is 5.65. The molecule has 0 aliphatic carbocycles. The van der Waals surface area contributed by atoms with Gasteiger partial charge in [0.15, 0.2) is 0 Å². The number of nitrogens with zero attached hydrogens (tertiary/aromatic N) is 4. The molecule has 1 saturated heterocycles. The fourth-order valence-electron chi connectivity index (χ4n) is 3.47. The second-order valence-electron chi connectivity index (χ2n) is 8.47. The lowest BCUT2D eigenvalue weighted by molar-refractivity contribution is -0.133. The number of hydrogen-bond donors (Lipinski definition) is 0. The summed E-state index contributed by atoms with van der Waals surface area (Å²) in [5, 5.41) is 8.62. The third-order valence-electron chi connectivity index (χ3n) is 5.65. The van der Waals surface area contributed by atoms with E-state index in [1.807, 2.05) is 49.8 Å². The molecule has 1 atom stereocenters. The molecule has 2 aromatic rings. The van der Waals surface area contributed by atoms with Gasteiger partial charge >= 0.3 is 0 Å². The second-order valence-corrected chi connectivity index (χ2v) is 8.47. The van der Waals surface area contributed by atoms with E-state index in [1.54, 1.807) is 18.9 Å². The van der Waals surface area contributed by atoms with Gasteiger partial charge in [-0.05, 0) is 63.8 Å². The molecule has 0 saturated carbocycles. The Bertz CT molecular complexity index is 840. The van der Waals surface area contributed by atoms with Crippen molar-refractivity contribution in [2.75, 3.05) is 20.3 Å². The summed E-state index contributed by atoms with van der Waals surface area (Å²) in [6.45, 7) is 9.58. The van der Waals surface area contributed by atoms with Crippen molar-refractivity contribution in [3.63, 3.8) is 0 Å². The largest absolute Gasteiger partial charge is 0.491 e. The Kier molecular flexibility index (Phi) is 6.57. The fraction of sp³-hybridized carbons (Fsp3) is 0.591. The Hall–Kier alpha value is -2.41. The Morgan fingerprint density at radius 2 is 2.17 bits per heavy atom. The number of aryl methyl sites for hydroxylation is 1. The van der Waals surface area contributed by atoms with E-state index in [-0.39, 0.29) is 17.6 Å². The molecule has 1 aromatic carbocycles. The highest BCUT2D eigenvalue weighted by atomic mass is 16.5. The summed E-state index contributed by atoms with van der Waals surface area (Å²) in [6, 6.07) is 5.95. The van der Waals surface area contributed by atoms with Crippen LogP contribution in [0, 0.1) is 6.92 Å². The van der Waals surface area contributed by atoms with Crippen LogP contribution < -0.4 is 4.74 Å². The lowest BCUT2D eigenvalue weighted by Crippen LogP contribution is -2.48. The van der Waals surface area contributed by atoms with E-state index < -0.39 is 0 Å². The summed E-state index contributed by atoms with van der Waals surface area (Å²) >= 11 is 0. The van der Waals surface area contributed by atoms with Crippen LogP contribution in [0.25, 0.3) is 11.3 Å². The van der Waals surface area contributed by atoms with Gasteiger partial charge in [0.2, 0.25) is 5.91 Å². The van der Waals surface area contributed by atoms with Gasteiger partial charge in [-0.15, -0.1) is 5.10 Å². The average Bonchev–Trinajstić information content (AvgIpc) is 3.14. The summed E-state index contributed by atoms with van der Waals surface area (Å²) in [5.74, 6) is 0.797. The number of aromatic nitrogens is 3. The van der Waals surface area contributed by atoms with Crippen LogP contribution in [0.4, 0.5) is 0 Å². The standard InChI is InChI=1S/C22H32N4O3/c1-16-12-18(29-15-22(3,4)25(5)17(2)27)9-10-20(16)21-14-26(24-23-21)13-19-8-6-7-11-28-19/h9-10,12,14,19H,6-8,11,13,15H2,1-5H3/t19-/m1/s1.